The van der Waals surface area contributed by atoms with Crippen molar-refractivity contribution in [3.05, 3.63) is 0 Å². The zero-order valence-electron chi connectivity index (χ0n) is 11.9. The molecule has 4 unspecified atom stereocenters. The summed E-state index contributed by atoms with van der Waals surface area (Å²) in [5, 5.41) is 9.48. The molecule has 3 rings (SSSR count). The molecule has 0 aromatic rings. The van der Waals surface area contributed by atoms with E-state index in [1.807, 2.05) is 0 Å². The predicted molar refractivity (Wildman–Crippen MR) is 74.1 cm³/mol. The Kier molecular flexibility index (Phi) is 3.81. The topological polar surface area (TPSA) is 43.8 Å². The summed E-state index contributed by atoms with van der Waals surface area (Å²) in [6.07, 6.45) is 5.64. The molecular formula is C15H26N2O2. The smallest absolute Gasteiger partial charge is 0.308 e. The van der Waals surface area contributed by atoms with Gasteiger partial charge in [-0.2, -0.15) is 0 Å². The minimum Gasteiger partial charge on any atom is -0.481 e. The number of rotatable bonds is 2. The van der Waals surface area contributed by atoms with Crippen molar-refractivity contribution in [3.63, 3.8) is 0 Å². The van der Waals surface area contributed by atoms with Crippen molar-refractivity contribution < 1.29 is 9.90 Å². The van der Waals surface area contributed by atoms with Crippen LogP contribution in [0.15, 0.2) is 0 Å². The number of nitrogens with zero attached hydrogens (tertiary/aromatic N) is 2. The van der Waals surface area contributed by atoms with Crippen LogP contribution in [0, 0.1) is 11.8 Å². The van der Waals surface area contributed by atoms with E-state index in [2.05, 4.69) is 16.7 Å². The highest BCUT2D eigenvalue weighted by atomic mass is 16.4. The molecule has 0 aromatic heterocycles. The molecule has 4 atom stereocenters. The maximum absolute atomic E-state index is 11.5. The maximum Gasteiger partial charge on any atom is 0.308 e. The van der Waals surface area contributed by atoms with Crippen LogP contribution in [0.3, 0.4) is 0 Å². The highest BCUT2D eigenvalue weighted by molar-refractivity contribution is 5.71. The van der Waals surface area contributed by atoms with E-state index in [0.29, 0.717) is 12.0 Å². The lowest BCUT2D eigenvalue weighted by Crippen LogP contribution is -2.57. The van der Waals surface area contributed by atoms with E-state index >= 15 is 0 Å². The Bertz CT molecular complexity index is 347. The molecule has 1 N–H and O–H groups in total. The first-order valence-corrected chi connectivity index (χ1v) is 7.86. The second-order valence-electron chi connectivity index (χ2n) is 6.76. The number of hydrogen-bond acceptors (Lipinski definition) is 3. The average molecular weight is 266 g/mol. The molecule has 3 aliphatic rings. The van der Waals surface area contributed by atoms with Gasteiger partial charge in [-0.1, -0.05) is 6.92 Å². The van der Waals surface area contributed by atoms with E-state index in [1.165, 1.54) is 19.4 Å². The quantitative estimate of drug-likeness (QED) is 0.825. The van der Waals surface area contributed by atoms with Crippen molar-refractivity contribution in [3.8, 4) is 0 Å². The van der Waals surface area contributed by atoms with Gasteiger partial charge in [-0.15, -0.1) is 0 Å². The molecule has 0 amide bonds. The Labute approximate surface area is 115 Å². The number of piperazine rings is 1. The van der Waals surface area contributed by atoms with E-state index in [4.69, 9.17) is 0 Å². The van der Waals surface area contributed by atoms with Gasteiger partial charge in [0.2, 0.25) is 0 Å². The van der Waals surface area contributed by atoms with Crippen LogP contribution >= 0.6 is 0 Å². The number of carboxylic acids is 1. The number of fused-ring (bicyclic) bond motifs is 1. The number of carbonyl (C=O) groups is 1. The average Bonchev–Trinajstić information content (AvgIpc) is 2.85. The summed E-state index contributed by atoms with van der Waals surface area (Å²) in [4.78, 5) is 16.6. The fourth-order valence-electron chi connectivity index (χ4n) is 4.36. The maximum atomic E-state index is 11.5. The molecule has 2 aliphatic heterocycles. The van der Waals surface area contributed by atoms with Gasteiger partial charge < -0.3 is 5.11 Å². The van der Waals surface area contributed by atoms with E-state index in [1.54, 1.807) is 0 Å². The van der Waals surface area contributed by atoms with Crippen molar-refractivity contribution in [1.29, 1.82) is 0 Å². The lowest BCUT2D eigenvalue weighted by Gasteiger charge is -2.46. The van der Waals surface area contributed by atoms with Crippen LogP contribution in [0.5, 0.6) is 0 Å². The van der Waals surface area contributed by atoms with Crippen LogP contribution in [-0.2, 0) is 4.79 Å². The van der Waals surface area contributed by atoms with E-state index in [-0.39, 0.29) is 12.0 Å². The predicted octanol–water partition coefficient (Wildman–Crippen LogP) is 1.66. The molecule has 108 valence electrons. The summed E-state index contributed by atoms with van der Waals surface area (Å²) >= 11 is 0. The first kappa shape index (κ1) is 13.4. The van der Waals surface area contributed by atoms with Crippen LogP contribution in [-0.4, -0.2) is 59.1 Å². The van der Waals surface area contributed by atoms with Gasteiger partial charge in [-0.25, -0.2) is 0 Å². The third-order valence-electron chi connectivity index (χ3n) is 5.48. The Morgan fingerprint density at radius 2 is 1.89 bits per heavy atom. The van der Waals surface area contributed by atoms with Crippen molar-refractivity contribution >= 4 is 5.97 Å². The van der Waals surface area contributed by atoms with Crippen molar-refractivity contribution in [2.75, 3.05) is 26.2 Å². The lowest BCUT2D eigenvalue weighted by molar-refractivity contribution is -0.146. The standard InChI is InChI=1S/C15H26N2O2/c1-11-4-5-13(15(18)19)14(9-11)17-8-7-16-6-2-3-12(16)10-17/h11-14H,2-10H2,1H3,(H,18,19). The van der Waals surface area contributed by atoms with Crippen molar-refractivity contribution in [2.24, 2.45) is 11.8 Å². The van der Waals surface area contributed by atoms with Crippen LogP contribution in [0.2, 0.25) is 0 Å². The van der Waals surface area contributed by atoms with Gasteiger partial charge >= 0.3 is 5.97 Å². The molecular weight excluding hydrogens is 240 g/mol. The molecule has 19 heavy (non-hydrogen) atoms. The largest absolute Gasteiger partial charge is 0.481 e. The van der Waals surface area contributed by atoms with Gasteiger partial charge in [0.15, 0.2) is 0 Å². The second kappa shape index (κ2) is 5.41. The van der Waals surface area contributed by atoms with Crippen LogP contribution in [0.1, 0.15) is 39.0 Å². The minimum absolute atomic E-state index is 0.135. The third-order valence-corrected chi connectivity index (χ3v) is 5.48. The van der Waals surface area contributed by atoms with Crippen LogP contribution < -0.4 is 0 Å². The molecule has 0 radical (unpaired) electrons. The van der Waals surface area contributed by atoms with Crippen molar-refractivity contribution in [2.45, 2.75) is 51.1 Å². The molecule has 1 aliphatic carbocycles. The first-order chi connectivity index (χ1) is 9.15. The summed E-state index contributed by atoms with van der Waals surface area (Å²) in [6.45, 7) is 6.83. The van der Waals surface area contributed by atoms with Crippen molar-refractivity contribution in [1.82, 2.24) is 9.80 Å². The van der Waals surface area contributed by atoms with Gasteiger partial charge in [0.1, 0.15) is 0 Å². The number of hydrogen-bond donors (Lipinski definition) is 1. The Morgan fingerprint density at radius 3 is 2.68 bits per heavy atom. The van der Waals surface area contributed by atoms with Gasteiger partial charge in [-0.3, -0.25) is 14.6 Å². The van der Waals surface area contributed by atoms with Crippen LogP contribution in [0.4, 0.5) is 0 Å². The Hall–Kier alpha value is -0.610. The molecule has 4 nitrogen and oxygen atoms in total. The van der Waals surface area contributed by atoms with Gasteiger partial charge in [0.05, 0.1) is 5.92 Å². The Balaban J connectivity index is 1.69. The second-order valence-corrected chi connectivity index (χ2v) is 6.76. The fourth-order valence-corrected chi connectivity index (χ4v) is 4.36. The molecule has 4 heteroatoms. The molecule has 2 saturated heterocycles. The number of aliphatic carboxylic acids is 1. The molecule has 1 saturated carbocycles. The van der Waals surface area contributed by atoms with Gasteiger partial charge in [0, 0.05) is 31.7 Å². The molecule has 0 bridgehead atoms. The summed E-state index contributed by atoms with van der Waals surface area (Å²) in [6, 6.07) is 0.976. The van der Waals surface area contributed by atoms with Gasteiger partial charge in [0.25, 0.3) is 0 Å². The summed E-state index contributed by atoms with van der Waals surface area (Å²) in [5.41, 5.74) is 0. The van der Waals surface area contributed by atoms with E-state index < -0.39 is 5.97 Å². The fraction of sp³-hybridized carbons (Fsp3) is 0.933. The summed E-state index contributed by atoms with van der Waals surface area (Å²) in [5.74, 6) is -0.0305. The zero-order chi connectivity index (χ0) is 13.4. The Morgan fingerprint density at radius 1 is 1.11 bits per heavy atom. The third kappa shape index (κ3) is 2.65. The lowest BCUT2D eigenvalue weighted by atomic mass is 9.78. The molecule has 3 fully saturated rings. The normalized spacial score (nSPS) is 41.1. The van der Waals surface area contributed by atoms with Crippen LogP contribution in [0.25, 0.3) is 0 Å². The van der Waals surface area contributed by atoms with Gasteiger partial charge in [-0.05, 0) is 44.6 Å². The summed E-state index contributed by atoms with van der Waals surface area (Å²) in [7, 11) is 0. The monoisotopic (exact) mass is 266 g/mol. The SMILES string of the molecule is CC1CCC(C(=O)O)C(N2CCN3CCCC3C2)C1. The molecule has 0 aromatic carbocycles. The molecule has 0 spiro atoms. The first-order valence-electron chi connectivity index (χ1n) is 7.86. The highest BCUT2D eigenvalue weighted by Crippen LogP contribution is 2.34. The number of carboxylic acid groups (broad SMARTS) is 1. The molecule has 2 heterocycles. The zero-order valence-corrected chi connectivity index (χ0v) is 11.9. The summed E-state index contributed by atoms with van der Waals surface area (Å²) < 4.78 is 0. The highest BCUT2D eigenvalue weighted by Gasteiger charge is 2.40. The van der Waals surface area contributed by atoms with E-state index in [9.17, 15) is 9.90 Å². The minimum atomic E-state index is -0.578. The van der Waals surface area contributed by atoms with E-state index in [0.717, 1.165) is 38.9 Å².